The first kappa shape index (κ1) is 16.9. The van der Waals surface area contributed by atoms with Crippen molar-refractivity contribution in [1.29, 1.82) is 0 Å². The number of ether oxygens (including phenoxy) is 1. The van der Waals surface area contributed by atoms with Crippen LogP contribution in [0.2, 0.25) is 0 Å². The standard InChI is InChI=1S/C22H27NO/c1-2-3-16-23-17-14-21(15-18-23)24-22(19-10-6-4-7-11-19)20-12-8-5-9-13-20/h2-13,21-22H,14-18H2,1H3/b3-2+. The van der Waals surface area contributed by atoms with E-state index >= 15 is 0 Å². The molecule has 3 rings (SSSR count). The maximum atomic E-state index is 6.57. The summed E-state index contributed by atoms with van der Waals surface area (Å²) in [5.41, 5.74) is 2.47. The normalized spacial score (nSPS) is 16.9. The molecule has 0 unspecified atom stereocenters. The average Bonchev–Trinajstić information content (AvgIpc) is 2.67. The van der Waals surface area contributed by atoms with Gasteiger partial charge in [0.2, 0.25) is 0 Å². The second-order valence-corrected chi connectivity index (χ2v) is 6.41. The Bertz CT molecular complexity index is 575. The van der Waals surface area contributed by atoms with E-state index in [0.717, 1.165) is 32.5 Å². The molecule has 0 bridgehead atoms. The molecule has 24 heavy (non-hydrogen) atoms. The molecule has 2 nitrogen and oxygen atoms in total. The van der Waals surface area contributed by atoms with E-state index in [1.165, 1.54) is 11.1 Å². The van der Waals surface area contributed by atoms with Crippen molar-refractivity contribution in [3.63, 3.8) is 0 Å². The number of benzene rings is 2. The van der Waals surface area contributed by atoms with Crippen molar-refractivity contribution in [3.05, 3.63) is 83.9 Å². The zero-order valence-electron chi connectivity index (χ0n) is 14.5. The van der Waals surface area contributed by atoms with Gasteiger partial charge < -0.3 is 4.74 Å². The first-order valence-corrected chi connectivity index (χ1v) is 8.95. The van der Waals surface area contributed by atoms with Crippen LogP contribution in [-0.2, 0) is 4.74 Å². The Hall–Kier alpha value is -1.90. The molecule has 0 amide bonds. The van der Waals surface area contributed by atoms with Crippen LogP contribution in [0.4, 0.5) is 0 Å². The Morgan fingerprint density at radius 3 is 2.00 bits per heavy atom. The van der Waals surface area contributed by atoms with Crippen LogP contribution in [0.15, 0.2) is 72.8 Å². The van der Waals surface area contributed by atoms with Crippen molar-refractivity contribution in [2.24, 2.45) is 0 Å². The molecule has 0 aliphatic carbocycles. The molecule has 0 saturated carbocycles. The SMILES string of the molecule is C/C=C/CN1CCC(OC(c2ccccc2)c2ccccc2)CC1. The molecule has 0 N–H and O–H groups in total. The second kappa shape index (κ2) is 8.81. The zero-order valence-corrected chi connectivity index (χ0v) is 14.5. The van der Waals surface area contributed by atoms with Crippen LogP contribution in [-0.4, -0.2) is 30.6 Å². The topological polar surface area (TPSA) is 12.5 Å². The van der Waals surface area contributed by atoms with Crippen molar-refractivity contribution >= 4 is 0 Å². The lowest BCUT2D eigenvalue weighted by atomic mass is 10.00. The molecular weight excluding hydrogens is 294 g/mol. The Morgan fingerprint density at radius 2 is 1.50 bits per heavy atom. The molecule has 1 heterocycles. The highest BCUT2D eigenvalue weighted by atomic mass is 16.5. The molecule has 1 fully saturated rings. The summed E-state index contributed by atoms with van der Waals surface area (Å²) in [5, 5.41) is 0. The third kappa shape index (κ3) is 4.56. The molecule has 2 heteroatoms. The Labute approximate surface area is 145 Å². The summed E-state index contributed by atoms with van der Waals surface area (Å²) in [7, 11) is 0. The lowest BCUT2D eigenvalue weighted by molar-refractivity contribution is -0.0253. The number of hydrogen-bond acceptors (Lipinski definition) is 2. The Balaban J connectivity index is 1.67. The fraction of sp³-hybridized carbons (Fsp3) is 0.364. The van der Waals surface area contributed by atoms with Gasteiger partial charge in [-0.1, -0.05) is 72.8 Å². The summed E-state index contributed by atoms with van der Waals surface area (Å²) in [5.74, 6) is 0. The van der Waals surface area contributed by atoms with Gasteiger partial charge in [0, 0.05) is 19.6 Å². The number of piperidine rings is 1. The smallest absolute Gasteiger partial charge is 0.108 e. The van der Waals surface area contributed by atoms with Crippen molar-refractivity contribution in [1.82, 2.24) is 4.90 Å². The predicted octanol–water partition coefficient (Wildman–Crippen LogP) is 4.83. The van der Waals surface area contributed by atoms with Gasteiger partial charge in [0.05, 0.1) is 6.10 Å². The highest BCUT2D eigenvalue weighted by molar-refractivity contribution is 5.30. The summed E-state index contributed by atoms with van der Waals surface area (Å²) < 4.78 is 6.57. The number of rotatable bonds is 6. The molecule has 0 radical (unpaired) electrons. The third-order valence-corrected chi connectivity index (χ3v) is 4.67. The van der Waals surface area contributed by atoms with E-state index in [9.17, 15) is 0 Å². The Kier molecular flexibility index (Phi) is 6.22. The minimum absolute atomic E-state index is 0.0273. The van der Waals surface area contributed by atoms with Crippen LogP contribution < -0.4 is 0 Å². The van der Waals surface area contributed by atoms with Crippen LogP contribution in [0.5, 0.6) is 0 Å². The summed E-state index contributed by atoms with van der Waals surface area (Å²) in [6, 6.07) is 21.2. The average molecular weight is 321 g/mol. The summed E-state index contributed by atoms with van der Waals surface area (Å²) in [6.07, 6.45) is 6.93. The zero-order chi connectivity index (χ0) is 16.6. The van der Waals surface area contributed by atoms with E-state index in [4.69, 9.17) is 4.74 Å². The predicted molar refractivity (Wildman–Crippen MR) is 100 cm³/mol. The molecule has 2 aromatic carbocycles. The van der Waals surface area contributed by atoms with Crippen molar-refractivity contribution < 1.29 is 4.74 Å². The molecule has 1 saturated heterocycles. The summed E-state index contributed by atoms with van der Waals surface area (Å²) in [4.78, 5) is 2.50. The molecule has 126 valence electrons. The summed E-state index contributed by atoms with van der Waals surface area (Å²) in [6.45, 7) is 5.38. The van der Waals surface area contributed by atoms with Gasteiger partial charge >= 0.3 is 0 Å². The second-order valence-electron chi connectivity index (χ2n) is 6.41. The van der Waals surface area contributed by atoms with E-state index in [0.29, 0.717) is 6.10 Å². The fourth-order valence-corrected chi connectivity index (χ4v) is 3.28. The lowest BCUT2D eigenvalue weighted by Crippen LogP contribution is -2.37. The van der Waals surface area contributed by atoms with Crippen molar-refractivity contribution in [2.45, 2.75) is 32.0 Å². The van der Waals surface area contributed by atoms with Gasteiger partial charge in [-0.2, -0.15) is 0 Å². The molecule has 0 spiro atoms. The number of likely N-dealkylation sites (tertiary alicyclic amines) is 1. The van der Waals surface area contributed by atoms with E-state index < -0.39 is 0 Å². The molecule has 0 atom stereocenters. The molecular formula is C22H27NO. The maximum absolute atomic E-state index is 6.57. The fourth-order valence-electron chi connectivity index (χ4n) is 3.28. The van der Waals surface area contributed by atoms with Crippen LogP contribution in [0.25, 0.3) is 0 Å². The highest BCUT2D eigenvalue weighted by Gasteiger charge is 2.24. The van der Waals surface area contributed by atoms with Crippen molar-refractivity contribution in [3.8, 4) is 0 Å². The van der Waals surface area contributed by atoms with E-state index in [1.807, 2.05) is 0 Å². The van der Waals surface area contributed by atoms with Crippen LogP contribution in [0.3, 0.4) is 0 Å². The Morgan fingerprint density at radius 1 is 0.958 bits per heavy atom. The minimum atomic E-state index is 0.0273. The van der Waals surface area contributed by atoms with E-state index in [1.54, 1.807) is 0 Å². The first-order valence-electron chi connectivity index (χ1n) is 8.95. The highest BCUT2D eigenvalue weighted by Crippen LogP contribution is 2.29. The van der Waals surface area contributed by atoms with Crippen molar-refractivity contribution in [2.75, 3.05) is 19.6 Å². The van der Waals surface area contributed by atoms with Gasteiger partial charge in [0.25, 0.3) is 0 Å². The van der Waals surface area contributed by atoms with Crippen LogP contribution in [0, 0.1) is 0 Å². The van der Waals surface area contributed by atoms with Gasteiger partial charge in [-0.3, -0.25) is 4.90 Å². The molecule has 0 aromatic heterocycles. The molecule has 1 aliphatic rings. The number of hydrogen-bond donors (Lipinski definition) is 0. The van der Waals surface area contributed by atoms with Gasteiger partial charge in [-0.15, -0.1) is 0 Å². The van der Waals surface area contributed by atoms with Gasteiger partial charge in [0.1, 0.15) is 6.10 Å². The van der Waals surface area contributed by atoms with E-state index in [-0.39, 0.29) is 6.10 Å². The quantitative estimate of drug-likeness (QED) is 0.706. The first-order chi connectivity index (χ1) is 11.9. The maximum Gasteiger partial charge on any atom is 0.108 e. The summed E-state index contributed by atoms with van der Waals surface area (Å²) >= 11 is 0. The van der Waals surface area contributed by atoms with Gasteiger partial charge in [0.15, 0.2) is 0 Å². The van der Waals surface area contributed by atoms with Crippen LogP contribution >= 0.6 is 0 Å². The van der Waals surface area contributed by atoms with Crippen LogP contribution in [0.1, 0.15) is 37.0 Å². The lowest BCUT2D eigenvalue weighted by Gasteiger charge is -2.33. The van der Waals surface area contributed by atoms with E-state index in [2.05, 4.69) is 84.6 Å². The number of nitrogens with zero attached hydrogens (tertiary/aromatic N) is 1. The van der Waals surface area contributed by atoms with Gasteiger partial charge in [-0.05, 0) is 30.9 Å². The third-order valence-electron chi connectivity index (χ3n) is 4.67. The molecule has 2 aromatic rings. The minimum Gasteiger partial charge on any atom is -0.365 e. The molecule has 1 aliphatic heterocycles. The van der Waals surface area contributed by atoms with Gasteiger partial charge in [-0.25, -0.2) is 0 Å². The monoisotopic (exact) mass is 321 g/mol. The largest absolute Gasteiger partial charge is 0.365 e. The number of allylic oxidation sites excluding steroid dienone is 1.